The van der Waals surface area contributed by atoms with Crippen molar-refractivity contribution in [1.29, 1.82) is 0 Å². The van der Waals surface area contributed by atoms with Crippen LogP contribution in [0.25, 0.3) is 0 Å². The van der Waals surface area contributed by atoms with E-state index in [0.29, 0.717) is 12.4 Å². The number of rotatable bonds is 4. The first-order chi connectivity index (χ1) is 7.29. The Labute approximate surface area is 94.6 Å². The molecule has 0 bridgehead atoms. The van der Waals surface area contributed by atoms with Gasteiger partial charge in [0, 0.05) is 18.3 Å². The average Bonchev–Trinajstić information content (AvgIpc) is 3.10. The third-order valence-electron chi connectivity index (χ3n) is 2.59. The number of carbonyl (C=O) groups excluding carboxylic acids is 1. The summed E-state index contributed by atoms with van der Waals surface area (Å²) in [5.41, 5.74) is 2.23. The fourth-order valence-electron chi connectivity index (χ4n) is 1.43. The number of nitrogens with one attached hydrogen (secondary N) is 1. The molecule has 1 aliphatic carbocycles. The summed E-state index contributed by atoms with van der Waals surface area (Å²) < 4.78 is 0. The molecule has 1 amide bonds. The Hall–Kier alpha value is -1.02. The van der Waals surface area contributed by atoms with Gasteiger partial charge in [-0.1, -0.05) is 24.3 Å². The van der Waals surface area contributed by atoms with Crippen LogP contribution in [0.5, 0.6) is 0 Å². The fourth-order valence-corrected chi connectivity index (χ4v) is 1.60. The summed E-state index contributed by atoms with van der Waals surface area (Å²) in [4.78, 5) is 11.4. The number of carbonyl (C=O) groups is 1. The second-order valence-corrected chi connectivity index (χ2v) is 4.21. The maximum atomic E-state index is 11.4. The Kier molecular flexibility index (Phi) is 3.27. The molecule has 1 aliphatic rings. The molecule has 0 atom stereocenters. The van der Waals surface area contributed by atoms with E-state index in [-0.39, 0.29) is 11.8 Å². The Morgan fingerprint density at radius 1 is 1.27 bits per heavy atom. The predicted octanol–water partition coefficient (Wildman–Crippen LogP) is 2.45. The van der Waals surface area contributed by atoms with Crippen LogP contribution in [0, 0.1) is 5.92 Å². The Bertz CT molecular complexity index is 343. The standard InChI is InChI=1S/C12H14ClNO/c13-7-9-1-3-10(4-2-9)8-14-12(15)11-5-6-11/h1-4,11H,5-8H2,(H,14,15). The highest BCUT2D eigenvalue weighted by molar-refractivity contribution is 6.17. The molecule has 15 heavy (non-hydrogen) atoms. The highest BCUT2D eigenvalue weighted by Crippen LogP contribution is 2.28. The van der Waals surface area contributed by atoms with E-state index in [1.54, 1.807) is 0 Å². The molecule has 3 heteroatoms. The summed E-state index contributed by atoms with van der Waals surface area (Å²) in [6, 6.07) is 7.99. The lowest BCUT2D eigenvalue weighted by molar-refractivity contribution is -0.122. The molecule has 0 saturated heterocycles. The van der Waals surface area contributed by atoms with Gasteiger partial charge in [0.25, 0.3) is 0 Å². The first-order valence-electron chi connectivity index (χ1n) is 5.21. The minimum Gasteiger partial charge on any atom is -0.352 e. The molecule has 1 aromatic carbocycles. The zero-order chi connectivity index (χ0) is 10.7. The molecular formula is C12H14ClNO. The third kappa shape index (κ3) is 2.96. The molecule has 0 spiro atoms. The summed E-state index contributed by atoms with van der Waals surface area (Å²) >= 11 is 5.69. The van der Waals surface area contributed by atoms with E-state index >= 15 is 0 Å². The van der Waals surface area contributed by atoms with E-state index in [9.17, 15) is 4.79 Å². The van der Waals surface area contributed by atoms with Crippen LogP contribution in [0.15, 0.2) is 24.3 Å². The zero-order valence-electron chi connectivity index (χ0n) is 8.50. The van der Waals surface area contributed by atoms with Crippen LogP contribution in [-0.2, 0) is 17.2 Å². The molecule has 1 fully saturated rings. The van der Waals surface area contributed by atoms with Crippen LogP contribution >= 0.6 is 11.6 Å². The van der Waals surface area contributed by atoms with Gasteiger partial charge in [-0.15, -0.1) is 11.6 Å². The highest BCUT2D eigenvalue weighted by atomic mass is 35.5. The second kappa shape index (κ2) is 4.67. The predicted molar refractivity (Wildman–Crippen MR) is 60.6 cm³/mol. The maximum absolute atomic E-state index is 11.4. The highest BCUT2D eigenvalue weighted by Gasteiger charge is 2.29. The summed E-state index contributed by atoms with van der Waals surface area (Å²) in [7, 11) is 0. The van der Waals surface area contributed by atoms with E-state index in [1.165, 1.54) is 0 Å². The summed E-state index contributed by atoms with van der Waals surface area (Å²) in [6.45, 7) is 0.623. The maximum Gasteiger partial charge on any atom is 0.223 e. The van der Waals surface area contributed by atoms with Crippen LogP contribution in [0.1, 0.15) is 24.0 Å². The van der Waals surface area contributed by atoms with Gasteiger partial charge < -0.3 is 5.32 Å². The Morgan fingerprint density at radius 3 is 2.40 bits per heavy atom. The molecule has 1 aromatic rings. The van der Waals surface area contributed by atoms with Crippen LogP contribution in [0.4, 0.5) is 0 Å². The van der Waals surface area contributed by atoms with Crippen molar-refractivity contribution in [2.24, 2.45) is 5.92 Å². The molecule has 2 nitrogen and oxygen atoms in total. The van der Waals surface area contributed by atoms with Gasteiger partial charge in [-0.2, -0.15) is 0 Å². The lowest BCUT2D eigenvalue weighted by Crippen LogP contribution is -2.24. The molecule has 0 aliphatic heterocycles. The smallest absolute Gasteiger partial charge is 0.223 e. The fraction of sp³-hybridized carbons (Fsp3) is 0.417. The zero-order valence-corrected chi connectivity index (χ0v) is 9.26. The number of amides is 1. The van der Waals surface area contributed by atoms with Crippen LogP contribution in [0.2, 0.25) is 0 Å². The van der Waals surface area contributed by atoms with Crippen LogP contribution in [-0.4, -0.2) is 5.91 Å². The lowest BCUT2D eigenvalue weighted by atomic mass is 10.1. The van der Waals surface area contributed by atoms with Crippen LogP contribution in [0.3, 0.4) is 0 Å². The molecular weight excluding hydrogens is 210 g/mol. The quantitative estimate of drug-likeness (QED) is 0.781. The average molecular weight is 224 g/mol. The molecule has 80 valence electrons. The van der Waals surface area contributed by atoms with Gasteiger partial charge in [0.05, 0.1) is 0 Å². The topological polar surface area (TPSA) is 29.1 Å². The van der Waals surface area contributed by atoms with Gasteiger partial charge in [0.2, 0.25) is 5.91 Å². The first kappa shape index (κ1) is 10.5. The van der Waals surface area contributed by atoms with E-state index in [1.807, 2.05) is 24.3 Å². The number of hydrogen-bond acceptors (Lipinski definition) is 1. The van der Waals surface area contributed by atoms with Crippen molar-refractivity contribution in [3.8, 4) is 0 Å². The molecule has 1 saturated carbocycles. The molecule has 0 unspecified atom stereocenters. The summed E-state index contributed by atoms with van der Waals surface area (Å²) in [5, 5.41) is 2.93. The molecule has 1 N–H and O–H groups in total. The first-order valence-corrected chi connectivity index (χ1v) is 5.74. The monoisotopic (exact) mass is 223 g/mol. The van der Waals surface area contributed by atoms with E-state index in [0.717, 1.165) is 24.0 Å². The number of hydrogen-bond donors (Lipinski definition) is 1. The third-order valence-corrected chi connectivity index (χ3v) is 2.90. The minimum absolute atomic E-state index is 0.191. The second-order valence-electron chi connectivity index (χ2n) is 3.94. The van der Waals surface area contributed by atoms with Crippen molar-refractivity contribution in [3.05, 3.63) is 35.4 Å². The Morgan fingerprint density at radius 2 is 1.87 bits per heavy atom. The number of alkyl halides is 1. The van der Waals surface area contributed by atoms with Crippen LogP contribution < -0.4 is 5.32 Å². The van der Waals surface area contributed by atoms with Gasteiger partial charge in [0.1, 0.15) is 0 Å². The van der Waals surface area contributed by atoms with Gasteiger partial charge in [-0.25, -0.2) is 0 Å². The SMILES string of the molecule is O=C(NCc1ccc(CCl)cc1)C1CC1. The normalized spacial score (nSPS) is 15.0. The van der Waals surface area contributed by atoms with Crippen molar-refractivity contribution in [3.63, 3.8) is 0 Å². The number of halogens is 1. The van der Waals surface area contributed by atoms with E-state index in [4.69, 9.17) is 11.6 Å². The van der Waals surface area contributed by atoms with Gasteiger partial charge >= 0.3 is 0 Å². The van der Waals surface area contributed by atoms with Crippen molar-refractivity contribution in [2.75, 3.05) is 0 Å². The van der Waals surface area contributed by atoms with Gasteiger partial charge in [0.15, 0.2) is 0 Å². The van der Waals surface area contributed by atoms with Gasteiger partial charge in [-0.05, 0) is 24.0 Å². The number of benzene rings is 1. The van der Waals surface area contributed by atoms with Crippen molar-refractivity contribution >= 4 is 17.5 Å². The van der Waals surface area contributed by atoms with Crippen molar-refractivity contribution < 1.29 is 4.79 Å². The van der Waals surface area contributed by atoms with Crippen molar-refractivity contribution in [1.82, 2.24) is 5.32 Å². The molecule has 2 rings (SSSR count). The molecule has 0 radical (unpaired) electrons. The van der Waals surface area contributed by atoms with Gasteiger partial charge in [-0.3, -0.25) is 4.79 Å². The lowest BCUT2D eigenvalue weighted by Gasteiger charge is -2.04. The Balaban J connectivity index is 1.84. The minimum atomic E-state index is 0.191. The van der Waals surface area contributed by atoms with E-state index < -0.39 is 0 Å². The summed E-state index contributed by atoms with van der Waals surface area (Å²) in [5.74, 6) is 1.01. The molecule has 0 aromatic heterocycles. The summed E-state index contributed by atoms with van der Waals surface area (Å²) in [6.07, 6.45) is 2.11. The largest absolute Gasteiger partial charge is 0.352 e. The van der Waals surface area contributed by atoms with E-state index in [2.05, 4.69) is 5.32 Å². The molecule has 0 heterocycles. The van der Waals surface area contributed by atoms with Crippen molar-refractivity contribution in [2.45, 2.75) is 25.3 Å².